The molecule has 1 aromatic carbocycles. The van der Waals surface area contributed by atoms with Crippen molar-refractivity contribution in [2.75, 3.05) is 7.11 Å². The van der Waals surface area contributed by atoms with Crippen molar-refractivity contribution >= 4 is 11.6 Å². The number of aryl methyl sites for hydroxylation is 1. The first-order valence-corrected chi connectivity index (χ1v) is 6.98. The van der Waals surface area contributed by atoms with Crippen LogP contribution in [0.1, 0.15) is 36.8 Å². The molecule has 1 atom stereocenters. The number of benzene rings is 1. The molecule has 0 aliphatic heterocycles. The largest absolute Gasteiger partial charge is 0.378 e. The second-order valence-electron chi connectivity index (χ2n) is 5.50. The van der Waals surface area contributed by atoms with E-state index >= 15 is 0 Å². The van der Waals surface area contributed by atoms with E-state index in [2.05, 4.69) is 12.1 Å². The molecule has 3 heteroatoms. The summed E-state index contributed by atoms with van der Waals surface area (Å²) in [7, 11) is 1.80. The SMILES string of the molecule is COC1(CC(N)Cc2ccc(C)cc2Cl)CCC1. The third kappa shape index (κ3) is 3.05. The van der Waals surface area contributed by atoms with Gasteiger partial charge in [-0.25, -0.2) is 0 Å². The molecular formula is C15H22ClNO. The Morgan fingerprint density at radius 3 is 2.67 bits per heavy atom. The highest BCUT2D eigenvalue weighted by atomic mass is 35.5. The van der Waals surface area contributed by atoms with Crippen molar-refractivity contribution in [1.29, 1.82) is 0 Å². The Kier molecular flexibility index (Phi) is 4.31. The van der Waals surface area contributed by atoms with Crippen molar-refractivity contribution in [2.45, 2.75) is 50.7 Å². The average Bonchev–Trinajstić information content (AvgIpc) is 2.27. The van der Waals surface area contributed by atoms with Crippen molar-refractivity contribution in [1.82, 2.24) is 0 Å². The maximum Gasteiger partial charge on any atom is 0.0693 e. The van der Waals surface area contributed by atoms with Crippen LogP contribution in [-0.2, 0) is 11.2 Å². The van der Waals surface area contributed by atoms with Crippen LogP contribution in [0.3, 0.4) is 0 Å². The third-order valence-corrected chi connectivity index (χ3v) is 4.37. The van der Waals surface area contributed by atoms with Gasteiger partial charge < -0.3 is 10.5 Å². The van der Waals surface area contributed by atoms with E-state index in [1.807, 2.05) is 13.0 Å². The number of rotatable bonds is 5. The van der Waals surface area contributed by atoms with Crippen molar-refractivity contribution in [3.05, 3.63) is 34.3 Å². The lowest BCUT2D eigenvalue weighted by molar-refractivity contribution is -0.0813. The van der Waals surface area contributed by atoms with Crippen LogP contribution in [0.4, 0.5) is 0 Å². The summed E-state index contributed by atoms with van der Waals surface area (Å²) in [5.41, 5.74) is 8.61. The van der Waals surface area contributed by atoms with Gasteiger partial charge in [0.25, 0.3) is 0 Å². The summed E-state index contributed by atoms with van der Waals surface area (Å²) in [5.74, 6) is 0. The zero-order valence-corrected chi connectivity index (χ0v) is 12.0. The molecule has 2 rings (SSSR count). The molecule has 0 aromatic heterocycles. The molecule has 1 unspecified atom stereocenters. The van der Waals surface area contributed by atoms with Gasteiger partial charge in [0.15, 0.2) is 0 Å². The Morgan fingerprint density at radius 2 is 2.17 bits per heavy atom. The van der Waals surface area contributed by atoms with E-state index in [-0.39, 0.29) is 11.6 Å². The Bertz CT molecular complexity index is 409. The van der Waals surface area contributed by atoms with E-state index in [9.17, 15) is 0 Å². The van der Waals surface area contributed by atoms with Crippen LogP contribution >= 0.6 is 11.6 Å². The van der Waals surface area contributed by atoms with E-state index in [1.165, 1.54) is 12.0 Å². The Labute approximate surface area is 114 Å². The smallest absolute Gasteiger partial charge is 0.0693 e. The van der Waals surface area contributed by atoms with Gasteiger partial charge in [0.2, 0.25) is 0 Å². The van der Waals surface area contributed by atoms with E-state index in [1.54, 1.807) is 7.11 Å². The molecule has 1 saturated carbocycles. The molecule has 100 valence electrons. The summed E-state index contributed by atoms with van der Waals surface area (Å²) < 4.78 is 5.62. The van der Waals surface area contributed by atoms with E-state index in [0.29, 0.717) is 0 Å². The van der Waals surface area contributed by atoms with Gasteiger partial charge in [-0.05, 0) is 56.2 Å². The summed E-state index contributed by atoms with van der Waals surface area (Å²) in [6.07, 6.45) is 5.28. The summed E-state index contributed by atoms with van der Waals surface area (Å²) in [4.78, 5) is 0. The molecule has 0 saturated heterocycles. The Hall–Kier alpha value is -0.570. The number of hydrogen-bond acceptors (Lipinski definition) is 2. The quantitative estimate of drug-likeness (QED) is 0.887. The van der Waals surface area contributed by atoms with Crippen LogP contribution in [0, 0.1) is 6.92 Å². The summed E-state index contributed by atoms with van der Waals surface area (Å²) in [5, 5.41) is 0.825. The maximum absolute atomic E-state index is 6.25. The highest BCUT2D eigenvalue weighted by Crippen LogP contribution is 2.39. The molecule has 0 heterocycles. The molecule has 0 bridgehead atoms. The monoisotopic (exact) mass is 267 g/mol. The first-order valence-electron chi connectivity index (χ1n) is 6.60. The first kappa shape index (κ1) is 13.9. The highest BCUT2D eigenvalue weighted by Gasteiger charge is 2.38. The minimum atomic E-state index is 0.0383. The van der Waals surface area contributed by atoms with Crippen LogP contribution in [-0.4, -0.2) is 18.8 Å². The molecule has 1 aromatic rings. The lowest BCUT2D eigenvalue weighted by atomic mass is 9.75. The molecule has 0 radical (unpaired) electrons. The molecular weight excluding hydrogens is 246 g/mol. The lowest BCUT2D eigenvalue weighted by Gasteiger charge is -2.42. The van der Waals surface area contributed by atoms with Crippen molar-refractivity contribution in [3.8, 4) is 0 Å². The van der Waals surface area contributed by atoms with Crippen LogP contribution in [0.5, 0.6) is 0 Å². The lowest BCUT2D eigenvalue weighted by Crippen LogP contribution is -2.45. The minimum Gasteiger partial charge on any atom is -0.378 e. The van der Waals surface area contributed by atoms with Gasteiger partial charge in [-0.15, -0.1) is 0 Å². The number of methoxy groups -OCH3 is 1. The molecule has 0 amide bonds. The third-order valence-electron chi connectivity index (χ3n) is 4.02. The van der Waals surface area contributed by atoms with Gasteiger partial charge in [-0.1, -0.05) is 23.7 Å². The highest BCUT2D eigenvalue weighted by molar-refractivity contribution is 6.31. The molecule has 1 aliphatic carbocycles. The van der Waals surface area contributed by atoms with Gasteiger partial charge in [-0.3, -0.25) is 0 Å². The zero-order valence-electron chi connectivity index (χ0n) is 11.2. The molecule has 1 fully saturated rings. The molecule has 0 spiro atoms. The fourth-order valence-corrected chi connectivity index (χ4v) is 3.03. The zero-order chi connectivity index (χ0) is 13.2. The topological polar surface area (TPSA) is 35.2 Å². The minimum absolute atomic E-state index is 0.0383. The van der Waals surface area contributed by atoms with E-state index in [4.69, 9.17) is 22.1 Å². The molecule has 18 heavy (non-hydrogen) atoms. The van der Waals surface area contributed by atoms with Crippen LogP contribution < -0.4 is 5.73 Å². The standard InChI is InChI=1S/C15H22ClNO/c1-11-4-5-12(14(16)8-11)9-13(17)10-15(18-2)6-3-7-15/h4-5,8,13H,3,6-7,9-10,17H2,1-2H3. The van der Waals surface area contributed by atoms with Crippen LogP contribution in [0.25, 0.3) is 0 Å². The van der Waals surface area contributed by atoms with Gasteiger partial charge in [-0.2, -0.15) is 0 Å². The summed E-state index contributed by atoms with van der Waals surface area (Å²) in [6.45, 7) is 2.05. The van der Waals surface area contributed by atoms with Crippen molar-refractivity contribution < 1.29 is 4.74 Å². The van der Waals surface area contributed by atoms with Crippen LogP contribution in [0.15, 0.2) is 18.2 Å². The summed E-state index contributed by atoms with van der Waals surface area (Å²) >= 11 is 6.24. The Balaban J connectivity index is 1.96. The Morgan fingerprint density at radius 1 is 1.44 bits per heavy atom. The first-order chi connectivity index (χ1) is 8.54. The van der Waals surface area contributed by atoms with Crippen molar-refractivity contribution in [3.63, 3.8) is 0 Å². The number of hydrogen-bond donors (Lipinski definition) is 1. The average molecular weight is 268 g/mol. The van der Waals surface area contributed by atoms with Crippen molar-refractivity contribution in [2.24, 2.45) is 5.73 Å². The van der Waals surface area contributed by atoms with Gasteiger partial charge in [0.1, 0.15) is 0 Å². The number of halogens is 1. The number of ether oxygens (including phenoxy) is 1. The fourth-order valence-electron chi connectivity index (χ4n) is 2.71. The molecule has 2 nitrogen and oxygen atoms in total. The molecule has 1 aliphatic rings. The van der Waals surface area contributed by atoms with Gasteiger partial charge in [0.05, 0.1) is 5.60 Å². The second-order valence-corrected chi connectivity index (χ2v) is 5.91. The van der Waals surface area contributed by atoms with E-state index < -0.39 is 0 Å². The molecule has 2 N–H and O–H groups in total. The summed E-state index contributed by atoms with van der Waals surface area (Å²) in [6, 6.07) is 6.28. The predicted molar refractivity (Wildman–Crippen MR) is 76.1 cm³/mol. The number of nitrogens with two attached hydrogens (primary N) is 1. The predicted octanol–water partition coefficient (Wildman–Crippen LogP) is 3.48. The van der Waals surface area contributed by atoms with E-state index in [0.717, 1.165) is 36.3 Å². The van der Waals surface area contributed by atoms with Crippen LogP contribution in [0.2, 0.25) is 5.02 Å². The maximum atomic E-state index is 6.25. The normalized spacial score (nSPS) is 19.3. The van der Waals surface area contributed by atoms with Gasteiger partial charge >= 0.3 is 0 Å². The second kappa shape index (κ2) is 5.60. The fraction of sp³-hybridized carbons (Fsp3) is 0.600. The van der Waals surface area contributed by atoms with Gasteiger partial charge in [0, 0.05) is 18.2 Å².